The quantitative estimate of drug-likeness (QED) is 0.419. The van der Waals surface area contributed by atoms with E-state index in [0.717, 1.165) is 16.4 Å². The topological polar surface area (TPSA) is 0 Å². The highest BCUT2D eigenvalue weighted by Crippen LogP contribution is 2.33. The summed E-state index contributed by atoms with van der Waals surface area (Å²) in [6, 6.07) is 0. The van der Waals surface area contributed by atoms with E-state index in [1.54, 1.807) is 0 Å². The van der Waals surface area contributed by atoms with Crippen molar-refractivity contribution in [1.29, 1.82) is 0 Å². The second-order valence-electron chi connectivity index (χ2n) is 1.81. The van der Waals surface area contributed by atoms with Crippen LogP contribution in [0.15, 0.2) is 4.21 Å². The zero-order valence-electron chi connectivity index (χ0n) is 6.12. The molecule has 12 heavy (non-hydrogen) atoms. The Morgan fingerprint density at radius 3 is 2.75 bits per heavy atom. The lowest BCUT2D eigenvalue weighted by Crippen LogP contribution is -1.75. The van der Waals surface area contributed by atoms with Crippen LogP contribution in [0.2, 0.25) is 0 Å². The van der Waals surface area contributed by atoms with Gasteiger partial charge in [0.25, 0.3) is 0 Å². The van der Waals surface area contributed by atoms with E-state index in [9.17, 15) is 0 Å². The van der Waals surface area contributed by atoms with Gasteiger partial charge < -0.3 is 0 Å². The fourth-order valence-corrected chi connectivity index (χ4v) is 4.76. The van der Waals surface area contributed by atoms with Crippen molar-refractivity contribution in [1.82, 2.24) is 0 Å². The lowest BCUT2D eigenvalue weighted by Gasteiger charge is -1.92. The van der Waals surface area contributed by atoms with Crippen molar-refractivity contribution in [3.05, 3.63) is 8.01 Å². The summed E-state index contributed by atoms with van der Waals surface area (Å²) in [6.45, 7) is 1.88. The number of thioether (sulfide) groups is 1. The van der Waals surface area contributed by atoms with Gasteiger partial charge in [-0.1, -0.05) is 42.1 Å². The maximum Gasteiger partial charge on any atom is 0.146 e. The lowest BCUT2D eigenvalue weighted by molar-refractivity contribution is 1.75. The van der Waals surface area contributed by atoms with Crippen LogP contribution in [-0.2, 0) is 0 Å². The third-order valence-electron chi connectivity index (χ3n) is 0.914. The van der Waals surface area contributed by atoms with Gasteiger partial charge in [0, 0.05) is 0 Å². The summed E-state index contributed by atoms with van der Waals surface area (Å²) in [6.07, 6.45) is 5.30. The zero-order chi connectivity index (χ0) is 9.14. The first-order chi connectivity index (χ1) is 5.63. The summed E-state index contributed by atoms with van der Waals surface area (Å²) >= 11 is 14.5. The fourth-order valence-electron chi connectivity index (χ4n) is 0.554. The number of terminal acetylenes is 1. The van der Waals surface area contributed by atoms with Crippen LogP contribution in [0.25, 0.3) is 0 Å². The maximum atomic E-state index is 5.30. The van der Waals surface area contributed by atoms with Crippen molar-refractivity contribution in [2.45, 2.75) is 11.1 Å². The number of thiocarbonyl (C=S) groups is 1. The van der Waals surface area contributed by atoms with E-state index >= 15 is 0 Å². The molecule has 0 atom stereocenters. The van der Waals surface area contributed by atoms with Crippen LogP contribution in [0.4, 0.5) is 0 Å². The number of hydrogen-bond acceptors (Lipinski definition) is 5. The fraction of sp³-hybridized carbons (Fsp3) is 0.143. The minimum absolute atomic E-state index is 0.863. The molecule has 0 fully saturated rings. The minimum atomic E-state index is 0.863. The highest BCUT2D eigenvalue weighted by atomic mass is 32.2. The van der Waals surface area contributed by atoms with E-state index < -0.39 is 0 Å². The van der Waals surface area contributed by atoms with Crippen LogP contribution < -0.4 is 0 Å². The smallest absolute Gasteiger partial charge is 0.114 e. The second-order valence-corrected chi connectivity index (χ2v) is 7.39. The molecule has 0 amide bonds. The summed E-state index contributed by atoms with van der Waals surface area (Å²) in [4.78, 5) is 0.902. The maximum absolute atomic E-state index is 5.30. The van der Waals surface area contributed by atoms with Gasteiger partial charge in [0.15, 0.2) is 0 Å². The van der Waals surface area contributed by atoms with Gasteiger partial charge in [-0.15, -0.1) is 29.1 Å². The van der Waals surface area contributed by atoms with Crippen LogP contribution in [-0.4, -0.2) is 4.20 Å². The Balaban J connectivity index is 3.07. The normalized spacial score (nSPS) is 9.33. The Morgan fingerprint density at radius 1 is 1.58 bits per heavy atom. The molecule has 1 heterocycles. The van der Waals surface area contributed by atoms with E-state index in [0.29, 0.717) is 0 Å². The minimum Gasteiger partial charge on any atom is -0.114 e. The molecule has 0 saturated heterocycles. The molecule has 0 spiro atoms. The first kappa shape index (κ1) is 10.4. The highest BCUT2D eigenvalue weighted by molar-refractivity contribution is 8.24. The summed E-state index contributed by atoms with van der Waals surface area (Å²) in [7, 11) is 0. The molecule has 0 aliphatic rings. The summed E-state index contributed by atoms with van der Waals surface area (Å²) in [5.41, 5.74) is 0. The average Bonchev–Trinajstić information content (AvgIpc) is 2.29. The Bertz CT molecular complexity index is 389. The molecule has 0 aromatic carbocycles. The first-order valence-electron chi connectivity index (χ1n) is 2.92. The molecule has 1 aromatic heterocycles. The third-order valence-corrected chi connectivity index (χ3v) is 4.85. The van der Waals surface area contributed by atoms with Crippen LogP contribution in [0.5, 0.6) is 0 Å². The van der Waals surface area contributed by atoms with Crippen molar-refractivity contribution in [2.75, 3.05) is 0 Å². The molecule has 0 saturated carbocycles. The van der Waals surface area contributed by atoms with Crippen molar-refractivity contribution in [3.8, 4) is 12.3 Å². The largest absolute Gasteiger partial charge is 0.146 e. The van der Waals surface area contributed by atoms with Crippen molar-refractivity contribution in [3.63, 3.8) is 0 Å². The van der Waals surface area contributed by atoms with Gasteiger partial charge in [0.2, 0.25) is 0 Å². The van der Waals surface area contributed by atoms with E-state index in [4.69, 9.17) is 30.9 Å². The summed E-state index contributed by atoms with van der Waals surface area (Å²) in [5, 5.41) is 0. The molecule has 0 N–H and O–H groups in total. The summed E-state index contributed by atoms with van der Waals surface area (Å²) < 4.78 is 2.79. The van der Waals surface area contributed by atoms with E-state index in [1.807, 2.05) is 6.92 Å². The van der Waals surface area contributed by atoms with Gasteiger partial charge in [0.1, 0.15) is 8.01 Å². The lowest BCUT2D eigenvalue weighted by atomic mass is 10.6. The van der Waals surface area contributed by atoms with Crippen LogP contribution in [0.1, 0.15) is 11.8 Å². The molecule has 0 aliphatic carbocycles. The number of hydrogen-bond donors (Lipinski definition) is 0. The molecule has 0 radical (unpaired) electrons. The highest BCUT2D eigenvalue weighted by Gasteiger charge is 2.05. The van der Waals surface area contributed by atoms with Crippen LogP contribution >= 0.6 is 58.9 Å². The third kappa shape index (κ3) is 2.64. The summed E-state index contributed by atoms with van der Waals surface area (Å²) in [5.74, 6) is 2.60. The molecular formula is C7H4S5. The van der Waals surface area contributed by atoms with Gasteiger partial charge in [-0.05, 0) is 6.92 Å². The molecule has 0 unspecified atom stereocenters. The predicted molar refractivity (Wildman–Crippen MR) is 65.1 cm³/mol. The van der Waals surface area contributed by atoms with Gasteiger partial charge in [-0.3, -0.25) is 0 Å². The SMILES string of the molecule is C#Cc1sc(=S)sc1SC(C)=S. The van der Waals surface area contributed by atoms with Crippen molar-refractivity contribution >= 4 is 63.1 Å². The van der Waals surface area contributed by atoms with Crippen molar-refractivity contribution < 1.29 is 0 Å². The van der Waals surface area contributed by atoms with Gasteiger partial charge in [-0.25, -0.2) is 0 Å². The molecule has 1 aromatic rings. The zero-order valence-corrected chi connectivity index (χ0v) is 10.2. The second kappa shape index (κ2) is 4.49. The Morgan fingerprint density at radius 2 is 2.25 bits per heavy atom. The Labute approximate surface area is 94.0 Å². The molecular weight excluding hydrogens is 244 g/mol. The number of rotatable bonds is 1. The van der Waals surface area contributed by atoms with E-state index in [-0.39, 0.29) is 0 Å². The van der Waals surface area contributed by atoms with Crippen LogP contribution in [0, 0.1) is 15.5 Å². The van der Waals surface area contributed by atoms with Gasteiger partial charge in [-0.2, -0.15) is 0 Å². The van der Waals surface area contributed by atoms with Gasteiger partial charge >= 0.3 is 0 Å². The molecule has 0 nitrogen and oxygen atoms in total. The molecule has 0 bridgehead atoms. The van der Waals surface area contributed by atoms with Crippen molar-refractivity contribution in [2.24, 2.45) is 0 Å². The Kier molecular flexibility index (Phi) is 3.87. The standard InChI is InChI=1S/C7H4S5/c1-3-5-6(10-4(2)8)12-7(9)11-5/h1H,2H3. The Hall–Kier alpha value is 0.270. The first-order valence-corrected chi connectivity index (χ1v) is 6.19. The van der Waals surface area contributed by atoms with Gasteiger partial charge in [0.05, 0.1) is 8.41 Å². The van der Waals surface area contributed by atoms with E-state index in [1.165, 1.54) is 34.4 Å². The molecule has 5 heteroatoms. The monoisotopic (exact) mass is 248 g/mol. The predicted octanol–water partition coefficient (Wildman–Crippen LogP) is 3.96. The molecule has 1 rings (SSSR count). The molecule has 0 aliphatic heterocycles. The van der Waals surface area contributed by atoms with E-state index in [2.05, 4.69) is 5.92 Å². The molecule has 62 valence electrons. The van der Waals surface area contributed by atoms with Crippen LogP contribution in [0.3, 0.4) is 0 Å². The average molecular weight is 248 g/mol.